The molecule has 3 aromatic carbocycles. The van der Waals surface area contributed by atoms with Gasteiger partial charge in [0.1, 0.15) is 18.1 Å². The minimum atomic E-state index is -0.0946. The monoisotopic (exact) mass is 417 g/mol. The molecule has 4 rings (SSSR count). The van der Waals surface area contributed by atoms with E-state index in [4.69, 9.17) is 9.47 Å². The van der Waals surface area contributed by atoms with Gasteiger partial charge in [-0.05, 0) is 59.0 Å². The molecule has 0 aliphatic carbocycles. The maximum Gasteiger partial charge on any atom is 0.261 e. The average Bonchev–Trinajstić information content (AvgIpc) is 3.27. The summed E-state index contributed by atoms with van der Waals surface area (Å²) in [6.07, 6.45) is 0. The van der Waals surface area contributed by atoms with Crippen molar-refractivity contribution in [2.75, 3.05) is 7.11 Å². The van der Waals surface area contributed by atoms with E-state index >= 15 is 0 Å². The highest BCUT2D eigenvalue weighted by Gasteiger charge is 2.14. The van der Waals surface area contributed by atoms with Gasteiger partial charge in [-0.2, -0.15) is 0 Å². The number of hydrogen-bond donors (Lipinski definition) is 1. The Kier molecular flexibility index (Phi) is 6.00. The van der Waals surface area contributed by atoms with Gasteiger partial charge in [-0.15, -0.1) is 11.3 Å². The third kappa shape index (κ3) is 4.63. The van der Waals surface area contributed by atoms with Crippen LogP contribution in [0.2, 0.25) is 0 Å². The van der Waals surface area contributed by atoms with E-state index in [0.717, 1.165) is 28.0 Å². The molecule has 4 aromatic rings. The Morgan fingerprint density at radius 2 is 1.70 bits per heavy atom. The Morgan fingerprint density at radius 3 is 2.47 bits per heavy atom. The van der Waals surface area contributed by atoms with Crippen molar-refractivity contribution in [3.63, 3.8) is 0 Å². The standard InChI is InChI=1S/C25H23NO3S/c1-17(19-7-10-22(28-2)11-8-19)26-25(27)24-13-18(16-30-24)15-29-23-12-9-20-5-3-4-6-21(20)14-23/h3-14,16-17H,15H2,1-2H3,(H,26,27). The lowest BCUT2D eigenvalue weighted by Gasteiger charge is -2.14. The van der Waals surface area contributed by atoms with Crippen LogP contribution in [0.15, 0.2) is 78.2 Å². The van der Waals surface area contributed by atoms with Gasteiger partial charge in [0.25, 0.3) is 5.91 Å². The smallest absolute Gasteiger partial charge is 0.261 e. The van der Waals surface area contributed by atoms with Gasteiger partial charge in [-0.3, -0.25) is 4.79 Å². The summed E-state index contributed by atoms with van der Waals surface area (Å²) in [5, 5.41) is 7.35. The highest BCUT2D eigenvalue weighted by Crippen LogP contribution is 2.23. The molecular formula is C25H23NO3S. The molecule has 0 bridgehead atoms. The molecule has 0 saturated carbocycles. The summed E-state index contributed by atoms with van der Waals surface area (Å²) in [6.45, 7) is 2.40. The van der Waals surface area contributed by atoms with Crippen LogP contribution in [0.4, 0.5) is 0 Å². The Balaban J connectivity index is 1.35. The minimum absolute atomic E-state index is 0.0831. The summed E-state index contributed by atoms with van der Waals surface area (Å²) >= 11 is 1.43. The maximum absolute atomic E-state index is 12.6. The summed E-state index contributed by atoms with van der Waals surface area (Å²) in [6, 6.07) is 23.7. The predicted molar refractivity (Wildman–Crippen MR) is 121 cm³/mol. The zero-order valence-corrected chi connectivity index (χ0v) is 17.7. The number of ether oxygens (including phenoxy) is 2. The molecule has 5 heteroatoms. The van der Waals surface area contributed by atoms with Crippen LogP contribution in [0.3, 0.4) is 0 Å². The molecule has 1 aromatic heterocycles. The fourth-order valence-corrected chi connectivity index (χ4v) is 4.04. The second kappa shape index (κ2) is 9.01. The third-order valence-electron chi connectivity index (χ3n) is 4.97. The van der Waals surface area contributed by atoms with Crippen LogP contribution in [0.1, 0.15) is 33.8 Å². The molecule has 0 saturated heterocycles. The fraction of sp³-hybridized carbons (Fsp3) is 0.160. The molecule has 0 fully saturated rings. The molecule has 30 heavy (non-hydrogen) atoms. The lowest BCUT2D eigenvalue weighted by molar-refractivity contribution is 0.0944. The zero-order valence-electron chi connectivity index (χ0n) is 16.9. The van der Waals surface area contributed by atoms with Gasteiger partial charge in [-0.25, -0.2) is 0 Å². The van der Waals surface area contributed by atoms with Crippen molar-refractivity contribution in [3.8, 4) is 11.5 Å². The molecule has 1 heterocycles. The van der Waals surface area contributed by atoms with E-state index in [1.165, 1.54) is 16.7 Å². The molecule has 1 amide bonds. The first-order valence-electron chi connectivity index (χ1n) is 9.76. The molecule has 1 atom stereocenters. The summed E-state index contributed by atoms with van der Waals surface area (Å²) in [7, 11) is 1.64. The number of amides is 1. The van der Waals surface area contributed by atoms with Crippen molar-refractivity contribution in [1.82, 2.24) is 5.32 Å². The molecule has 0 aliphatic rings. The van der Waals surface area contributed by atoms with Crippen molar-refractivity contribution >= 4 is 28.0 Å². The van der Waals surface area contributed by atoms with E-state index in [-0.39, 0.29) is 11.9 Å². The van der Waals surface area contributed by atoms with Crippen LogP contribution in [0.5, 0.6) is 11.5 Å². The first kappa shape index (κ1) is 20.0. The number of methoxy groups -OCH3 is 1. The van der Waals surface area contributed by atoms with Crippen LogP contribution < -0.4 is 14.8 Å². The molecule has 1 N–H and O–H groups in total. The Bertz CT molecular complexity index is 1150. The molecule has 0 spiro atoms. The predicted octanol–water partition coefficient (Wildman–Crippen LogP) is 5.98. The van der Waals surface area contributed by atoms with Crippen molar-refractivity contribution in [1.29, 1.82) is 0 Å². The van der Waals surface area contributed by atoms with Crippen LogP contribution in [-0.2, 0) is 6.61 Å². The van der Waals surface area contributed by atoms with E-state index in [1.54, 1.807) is 7.11 Å². The van der Waals surface area contributed by atoms with Gasteiger partial charge in [0.05, 0.1) is 18.0 Å². The van der Waals surface area contributed by atoms with Crippen molar-refractivity contribution in [2.24, 2.45) is 0 Å². The van der Waals surface area contributed by atoms with Gasteiger partial charge in [0, 0.05) is 5.56 Å². The Morgan fingerprint density at radius 1 is 0.967 bits per heavy atom. The Labute approximate surface area is 180 Å². The van der Waals surface area contributed by atoms with Crippen molar-refractivity contribution in [3.05, 3.63) is 94.2 Å². The average molecular weight is 418 g/mol. The number of hydrogen-bond acceptors (Lipinski definition) is 4. The first-order valence-corrected chi connectivity index (χ1v) is 10.6. The Hall–Kier alpha value is -3.31. The van der Waals surface area contributed by atoms with Crippen LogP contribution in [0, 0.1) is 0 Å². The number of carbonyl (C=O) groups excluding carboxylic acids is 1. The summed E-state index contributed by atoms with van der Waals surface area (Å²) < 4.78 is 11.1. The minimum Gasteiger partial charge on any atom is -0.497 e. The summed E-state index contributed by atoms with van der Waals surface area (Å²) in [4.78, 5) is 13.3. The number of fused-ring (bicyclic) bond motifs is 1. The normalized spacial score (nSPS) is 11.8. The highest BCUT2D eigenvalue weighted by atomic mass is 32.1. The zero-order chi connectivity index (χ0) is 20.9. The van der Waals surface area contributed by atoms with E-state index in [0.29, 0.717) is 11.5 Å². The SMILES string of the molecule is COc1ccc(C(C)NC(=O)c2cc(COc3ccc4ccccc4c3)cs2)cc1. The highest BCUT2D eigenvalue weighted by molar-refractivity contribution is 7.12. The lowest BCUT2D eigenvalue weighted by atomic mass is 10.1. The molecule has 0 radical (unpaired) electrons. The quantitative estimate of drug-likeness (QED) is 0.402. The van der Waals surface area contributed by atoms with Gasteiger partial charge in [0.15, 0.2) is 0 Å². The molecule has 152 valence electrons. The van der Waals surface area contributed by atoms with E-state index < -0.39 is 0 Å². The lowest BCUT2D eigenvalue weighted by Crippen LogP contribution is -2.25. The molecule has 0 aliphatic heterocycles. The van der Waals surface area contributed by atoms with Crippen molar-refractivity contribution < 1.29 is 14.3 Å². The number of nitrogens with one attached hydrogen (secondary N) is 1. The van der Waals surface area contributed by atoms with Crippen LogP contribution in [0.25, 0.3) is 10.8 Å². The molecule has 1 unspecified atom stereocenters. The largest absolute Gasteiger partial charge is 0.497 e. The molecule has 4 nitrogen and oxygen atoms in total. The van der Waals surface area contributed by atoms with E-state index in [1.807, 2.05) is 66.9 Å². The van der Waals surface area contributed by atoms with E-state index in [2.05, 4.69) is 23.5 Å². The van der Waals surface area contributed by atoms with Gasteiger partial charge < -0.3 is 14.8 Å². The van der Waals surface area contributed by atoms with Crippen LogP contribution >= 0.6 is 11.3 Å². The summed E-state index contributed by atoms with van der Waals surface area (Å²) in [5.74, 6) is 1.53. The number of thiophene rings is 1. The number of carbonyl (C=O) groups is 1. The van der Waals surface area contributed by atoms with Gasteiger partial charge in [0.2, 0.25) is 0 Å². The third-order valence-corrected chi connectivity index (χ3v) is 5.95. The summed E-state index contributed by atoms with van der Waals surface area (Å²) in [5.41, 5.74) is 2.01. The fourth-order valence-electron chi connectivity index (χ4n) is 3.24. The molecular weight excluding hydrogens is 394 g/mol. The number of benzene rings is 3. The van der Waals surface area contributed by atoms with Gasteiger partial charge >= 0.3 is 0 Å². The van der Waals surface area contributed by atoms with Gasteiger partial charge in [-0.1, -0.05) is 42.5 Å². The van der Waals surface area contributed by atoms with E-state index in [9.17, 15) is 4.79 Å². The topological polar surface area (TPSA) is 47.6 Å². The second-order valence-electron chi connectivity index (χ2n) is 7.09. The first-order chi connectivity index (χ1) is 14.6. The van der Waals surface area contributed by atoms with Crippen LogP contribution in [-0.4, -0.2) is 13.0 Å². The van der Waals surface area contributed by atoms with Crippen molar-refractivity contribution in [2.45, 2.75) is 19.6 Å². The maximum atomic E-state index is 12.6. The number of rotatable bonds is 7. The second-order valence-corrected chi connectivity index (χ2v) is 8.00.